The van der Waals surface area contributed by atoms with Gasteiger partial charge in [-0.3, -0.25) is 9.65 Å². The molecule has 2 aromatic rings. The summed E-state index contributed by atoms with van der Waals surface area (Å²) in [4.78, 5) is 4.07. The molecule has 7 heteroatoms. The first-order valence-corrected chi connectivity index (χ1v) is 13.0. The lowest BCUT2D eigenvalue weighted by molar-refractivity contribution is -0.250. The molecule has 0 heterocycles. The molecule has 0 spiro atoms. The highest BCUT2D eigenvalue weighted by atomic mass is 19.1. The summed E-state index contributed by atoms with van der Waals surface area (Å²) in [5.41, 5.74) is 4.94. The van der Waals surface area contributed by atoms with Crippen LogP contribution in [0.2, 0.25) is 0 Å². The fraction of sp³-hybridized carbons (Fsp3) is 0.355. The third-order valence-electron chi connectivity index (χ3n) is 6.20. The van der Waals surface area contributed by atoms with Gasteiger partial charge in [-0.1, -0.05) is 55.8 Å². The van der Waals surface area contributed by atoms with Gasteiger partial charge in [-0.15, -0.1) is 0 Å². The van der Waals surface area contributed by atoms with Crippen molar-refractivity contribution in [2.45, 2.75) is 44.6 Å². The number of hydrogen-bond acceptors (Lipinski definition) is 6. The summed E-state index contributed by atoms with van der Waals surface area (Å²) >= 11 is 0. The van der Waals surface area contributed by atoms with Gasteiger partial charge < -0.3 is 19.3 Å². The third-order valence-corrected chi connectivity index (χ3v) is 6.20. The zero-order chi connectivity index (χ0) is 27.0. The topological polar surface area (TPSA) is 77.4 Å². The predicted octanol–water partition coefficient (Wildman–Crippen LogP) is 6.91. The fourth-order valence-electron chi connectivity index (χ4n) is 4.13. The Bertz CT molecular complexity index is 1090. The average Bonchev–Trinajstić information content (AvgIpc) is 2.96. The van der Waals surface area contributed by atoms with Crippen molar-refractivity contribution in [2.24, 2.45) is 0 Å². The number of unbranched alkanes of at least 4 members (excludes halogenated alkanes) is 3. The van der Waals surface area contributed by atoms with E-state index in [0.29, 0.717) is 30.1 Å². The van der Waals surface area contributed by atoms with E-state index in [9.17, 15) is 9.50 Å². The van der Waals surface area contributed by atoms with Gasteiger partial charge in [0.2, 0.25) is 0 Å². The number of benzene rings is 2. The largest absolute Gasteiger partial charge is 0.462 e. The average molecular weight is 525 g/mol. The van der Waals surface area contributed by atoms with Crippen LogP contribution in [0.15, 0.2) is 79.8 Å². The number of aliphatic hydroxyl groups excluding tert-OH is 1. The zero-order valence-corrected chi connectivity index (χ0v) is 21.7. The molecule has 0 aromatic heterocycles. The van der Waals surface area contributed by atoms with Crippen LogP contribution in [0, 0.1) is 0 Å². The standard InChI is InChI=1S/C31H37FO6/c1-24(23-33)25-7-11-28(12-8-25)35-18-19-37-30-15-16-31(27(22-30)6-4-2-3-5-17-32)26-9-13-29(14-10-26)36-20-21-38-34/h7-13,15-16,18-19,22,29,33-34H,1-6,14,17,20-21,23H2/b19-18-. The number of halogens is 1. The Morgan fingerprint density at radius 1 is 0.974 bits per heavy atom. The van der Waals surface area contributed by atoms with Gasteiger partial charge in [-0.2, -0.15) is 0 Å². The van der Waals surface area contributed by atoms with E-state index in [1.54, 1.807) is 12.1 Å². The van der Waals surface area contributed by atoms with E-state index in [2.05, 4.69) is 29.7 Å². The van der Waals surface area contributed by atoms with Crippen molar-refractivity contribution < 1.29 is 33.9 Å². The Kier molecular flexibility index (Phi) is 12.8. The molecular weight excluding hydrogens is 487 g/mol. The van der Waals surface area contributed by atoms with E-state index in [1.807, 2.05) is 30.3 Å². The van der Waals surface area contributed by atoms with Gasteiger partial charge in [0.25, 0.3) is 0 Å². The molecule has 0 aliphatic heterocycles. The second kappa shape index (κ2) is 16.6. The molecule has 1 atom stereocenters. The van der Waals surface area contributed by atoms with E-state index < -0.39 is 0 Å². The molecule has 1 aliphatic rings. The number of rotatable bonds is 17. The van der Waals surface area contributed by atoms with Crippen LogP contribution in [0.4, 0.5) is 4.39 Å². The van der Waals surface area contributed by atoms with E-state index >= 15 is 0 Å². The van der Waals surface area contributed by atoms with Crippen LogP contribution in [0.5, 0.6) is 11.5 Å². The molecular formula is C31H37FO6. The normalized spacial score (nSPS) is 15.0. The summed E-state index contributed by atoms with van der Waals surface area (Å²) in [6, 6.07) is 13.3. The molecule has 0 radical (unpaired) electrons. The molecule has 6 nitrogen and oxygen atoms in total. The Morgan fingerprint density at radius 2 is 1.71 bits per heavy atom. The zero-order valence-electron chi connectivity index (χ0n) is 21.7. The van der Waals surface area contributed by atoms with Crippen molar-refractivity contribution in [2.75, 3.05) is 26.5 Å². The van der Waals surface area contributed by atoms with Gasteiger partial charge in [-0.05, 0) is 77.8 Å². The fourth-order valence-corrected chi connectivity index (χ4v) is 4.13. The first kappa shape index (κ1) is 29.3. The van der Waals surface area contributed by atoms with Crippen LogP contribution in [0.3, 0.4) is 0 Å². The quantitative estimate of drug-likeness (QED) is 0.101. The van der Waals surface area contributed by atoms with Crippen molar-refractivity contribution >= 4 is 11.1 Å². The molecule has 2 aromatic carbocycles. The van der Waals surface area contributed by atoms with Crippen molar-refractivity contribution in [3.05, 3.63) is 96.5 Å². The number of aryl methyl sites for hydroxylation is 1. The Morgan fingerprint density at radius 3 is 2.39 bits per heavy atom. The Balaban J connectivity index is 1.62. The summed E-state index contributed by atoms with van der Waals surface area (Å²) in [5, 5.41) is 17.6. The number of allylic oxidation sites excluding steroid dienone is 2. The first-order chi connectivity index (χ1) is 18.6. The summed E-state index contributed by atoms with van der Waals surface area (Å²) in [6.07, 6.45) is 14.2. The smallest absolute Gasteiger partial charge is 0.127 e. The lowest BCUT2D eigenvalue weighted by Crippen LogP contribution is -2.15. The lowest BCUT2D eigenvalue weighted by atomic mass is 9.92. The lowest BCUT2D eigenvalue weighted by Gasteiger charge is -2.19. The maximum atomic E-state index is 12.5. The van der Waals surface area contributed by atoms with Gasteiger partial charge in [0, 0.05) is 0 Å². The van der Waals surface area contributed by atoms with Crippen LogP contribution in [-0.2, 0) is 16.0 Å². The van der Waals surface area contributed by atoms with Gasteiger partial charge in [-0.25, -0.2) is 4.89 Å². The maximum Gasteiger partial charge on any atom is 0.127 e. The molecule has 2 N–H and O–H groups in total. The van der Waals surface area contributed by atoms with Crippen molar-refractivity contribution in [1.29, 1.82) is 0 Å². The molecule has 1 aliphatic carbocycles. The molecule has 38 heavy (non-hydrogen) atoms. The van der Waals surface area contributed by atoms with E-state index in [0.717, 1.165) is 48.8 Å². The third kappa shape index (κ3) is 9.58. The van der Waals surface area contributed by atoms with Gasteiger partial charge in [0.05, 0.1) is 26.0 Å². The second-order valence-corrected chi connectivity index (χ2v) is 8.96. The SMILES string of the molecule is C=C(CO)c1ccc(O/C=C\Oc2ccc(C3=CCC(OCCOO)C=C3)c(CCCCCCF)c2)cc1. The van der Waals surface area contributed by atoms with Crippen LogP contribution in [-0.4, -0.2) is 43.0 Å². The number of ether oxygens (including phenoxy) is 3. The molecule has 1 unspecified atom stereocenters. The minimum atomic E-state index is -0.267. The summed E-state index contributed by atoms with van der Waals surface area (Å²) in [7, 11) is 0. The van der Waals surface area contributed by atoms with Crippen LogP contribution < -0.4 is 9.47 Å². The Labute approximate surface area is 224 Å². The van der Waals surface area contributed by atoms with E-state index in [4.69, 9.17) is 19.5 Å². The van der Waals surface area contributed by atoms with E-state index in [1.165, 1.54) is 18.1 Å². The Hall–Kier alpha value is -3.23. The molecule has 0 bridgehead atoms. The van der Waals surface area contributed by atoms with Crippen LogP contribution in [0.25, 0.3) is 11.1 Å². The molecule has 0 saturated carbocycles. The van der Waals surface area contributed by atoms with Crippen molar-refractivity contribution in [1.82, 2.24) is 0 Å². The molecule has 0 amide bonds. The van der Waals surface area contributed by atoms with Gasteiger partial charge >= 0.3 is 0 Å². The van der Waals surface area contributed by atoms with E-state index in [-0.39, 0.29) is 26.0 Å². The molecule has 0 saturated heterocycles. The monoisotopic (exact) mass is 524 g/mol. The molecule has 204 valence electrons. The molecule has 3 rings (SSSR count). The first-order valence-electron chi connectivity index (χ1n) is 13.0. The summed E-state index contributed by atoms with van der Waals surface area (Å²) in [5.74, 6) is 1.35. The van der Waals surface area contributed by atoms with Crippen molar-refractivity contribution in [3.8, 4) is 11.5 Å². The highest BCUT2D eigenvalue weighted by Crippen LogP contribution is 2.30. The van der Waals surface area contributed by atoms with Crippen LogP contribution in [0.1, 0.15) is 48.8 Å². The highest BCUT2D eigenvalue weighted by molar-refractivity contribution is 5.77. The summed E-state index contributed by atoms with van der Waals surface area (Å²) in [6.45, 7) is 3.92. The predicted molar refractivity (Wildman–Crippen MR) is 148 cm³/mol. The highest BCUT2D eigenvalue weighted by Gasteiger charge is 2.14. The van der Waals surface area contributed by atoms with Gasteiger partial charge in [0.15, 0.2) is 0 Å². The van der Waals surface area contributed by atoms with Crippen molar-refractivity contribution in [3.63, 3.8) is 0 Å². The van der Waals surface area contributed by atoms with Gasteiger partial charge in [0.1, 0.15) is 30.6 Å². The number of aliphatic hydroxyl groups is 1. The molecule has 0 fully saturated rings. The maximum absolute atomic E-state index is 12.5. The number of alkyl halides is 1. The van der Waals surface area contributed by atoms with Crippen LogP contribution >= 0.6 is 0 Å². The summed E-state index contributed by atoms with van der Waals surface area (Å²) < 4.78 is 29.6. The minimum Gasteiger partial charge on any atom is -0.462 e. The number of hydrogen-bond donors (Lipinski definition) is 2. The minimum absolute atomic E-state index is 0.0458. The second-order valence-electron chi connectivity index (χ2n) is 8.96.